The molecule has 0 unspecified atom stereocenters. The summed E-state index contributed by atoms with van der Waals surface area (Å²) in [4.78, 5) is 31.0. The fourth-order valence-electron chi connectivity index (χ4n) is 2.28. The highest BCUT2D eigenvalue weighted by molar-refractivity contribution is 6.30. The number of nitrogens with one attached hydrogen (secondary N) is 2. The molecule has 0 radical (unpaired) electrons. The molecule has 8 nitrogen and oxygen atoms in total. The van der Waals surface area contributed by atoms with Crippen LogP contribution in [-0.4, -0.2) is 25.5 Å². The zero-order chi connectivity index (χ0) is 17.4. The largest absolute Gasteiger partial charge is 0.461 e. The SMILES string of the molecule is O=C(Nc1cc(=O)[nH]c2nc(-c3ccco3)nn12)c1ccc(Cl)cc1. The molecular formula is C16H10ClN5O3. The number of halogens is 1. The monoisotopic (exact) mass is 355 g/mol. The molecule has 1 amide bonds. The first-order valence-corrected chi connectivity index (χ1v) is 7.59. The summed E-state index contributed by atoms with van der Waals surface area (Å²) in [6, 6.07) is 11.0. The maximum Gasteiger partial charge on any atom is 0.256 e. The molecule has 9 heteroatoms. The maximum atomic E-state index is 12.4. The first-order valence-electron chi connectivity index (χ1n) is 7.21. The van der Waals surface area contributed by atoms with Gasteiger partial charge in [0.05, 0.1) is 6.26 Å². The minimum atomic E-state index is -0.419. The van der Waals surface area contributed by atoms with Crippen molar-refractivity contribution in [1.29, 1.82) is 0 Å². The fourth-order valence-corrected chi connectivity index (χ4v) is 2.41. The molecule has 4 aromatic rings. The van der Waals surface area contributed by atoms with E-state index in [-0.39, 0.29) is 17.4 Å². The molecule has 0 aliphatic heterocycles. The fraction of sp³-hybridized carbons (Fsp3) is 0. The summed E-state index contributed by atoms with van der Waals surface area (Å²) >= 11 is 5.82. The van der Waals surface area contributed by atoms with Gasteiger partial charge in [0, 0.05) is 16.7 Å². The van der Waals surface area contributed by atoms with E-state index in [9.17, 15) is 9.59 Å². The zero-order valence-electron chi connectivity index (χ0n) is 12.6. The topological polar surface area (TPSA) is 105 Å². The number of hydrogen-bond donors (Lipinski definition) is 2. The lowest BCUT2D eigenvalue weighted by molar-refractivity contribution is 0.102. The summed E-state index contributed by atoms with van der Waals surface area (Å²) in [7, 11) is 0. The van der Waals surface area contributed by atoms with Crippen LogP contribution in [0.25, 0.3) is 17.4 Å². The Morgan fingerprint density at radius 1 is 1.24 bits per heavy atom. The highest BCUT2D eigenvalue weighted by Crippen LogP contribution is 2.18. The van der Waals surface area contributed by atoms with Crippen LogP contribution >= 0.6 is 11.6 Å². The predicted molar refractivity (Wildman–Crippen MR) is 90.7 cm³/mol. The Hall–Kier alpha value is -3.39. The van der Waals surface area contributed by atoms with Gasteiger partial charge in [-0.3, -0.25) is 14.6 Å². The molecule has 0 saturated carbocycles. The molecule has 0 spiro atoms. The van der Waals surface area contributed by atoms with Gasteiger partial charge >= 0.3 is 0 Å². The molecule has 0 atom stereocenters. The van der Waals surface area contributed by atoms with Crippen molar-refractivity contribution < 1.29 is 9.21 Å². The van der Waals surface area contributed by atoms with Gasteiger partial charge in [-0.25, -0.2) is 0 Å². The number of rotatable bonds is 3. The van der Waals surface area contributed by atoms with E-state index in [1.165, 1.54) is 16.8 Å². The summed E-state index contributed by atoms with van der Waals surface area (Å²) < 4.78 is 6.58. The highest BCUT2D eigenvalue weighted by atomic mass is 35.5. The molecule has 25 heavy (non-hydrogen) atoms. The first-order chi connectivity index (χ1) is 12.1. The van der Waals surface area contributed by atoms with Crippen LogP contribution in [0.3, 0.4) is 0 Å². The van der Waals surface area contributed by atoms with E-state index in [1.54, 1.807) is 36.4 Å². The minimum Gasteiger partial charge on any atom is -0.461 e. The van der Waals surface area contributed by atoms with Crippen molar-refractivity contribution in [2.75, 3.05) is 5.32 Å². The quantitative estimate of drug-likeness (QED) is 0.587. The number of anilines is 1. The van der Waals surface area contributed by atoms with E-state index in [2.05, 4.69) is 20.4 Å². The number of nitrogens with zero attached hydrogens (tertiary/aromatic N) is 3. The molecule has 4 rings (SSSR count). The summed E-state index contributed by atoms with van der Waals surface area (Å²) in [6.07, 6.45) is 1.49. The molecule has 3 aromatic heterocycles. The van der Waals surface area contributed by atoms with Gasteiger partial charge < -0.3 is 9.73 Å². The average Bonchev–Trinajstić information content (AvgIpc) is 3.24. The van der Waals surface area contributed by atoms with Crippen LogP contribution in [0.2, 0.25) is 5.02 Å². The number of aromatic nitrogens is 4. The van der Waals surface area contributed by atoms with Crippen molar-refractivity contribution in [2.24, 2.45) is 0 Å². The lowest BCUT2D eigenvalue weighted by Gasteiger charge is -2.06. The van der Waals surface area contributed by atoms with Crippen LogP contribution < -0.4 is 10.9 Å². The number of aromatic amines is 1. The number of hydrogen-bond acceptors (Lipinski definition) is 5. The summed E-state index contributed by atoms with van der Waals surface area (Å²) in [5, 5.41) is 7.43. The van der Waals surface area contributed by atoms with E-state index in [1.807, 2.05) is 0 Å². The molecule has 2 N–H and O–H groups in total. The van der Waals surface area contributed by atoms with Crippen molar-refractivity contribution >= 4 is 29.1 Å². The number of furan rings is 1. The Kier molecular flexibility index (Phi) is 3.58. The Balaban J connectivity index is 1.74. The summed E-state index contributed by atoms with van der Waals surface area (Å²) in [6.45, 7) is 0. The lowest BCUT2D eigenvalue weighted by atomic mass is 10.2. The second-order valence-corrected chi connectivity index (χ2v) is 5.56. The normalized spacial score (nSPS) is 10.9. The molecule has 124 valence electrons. The van der Waals surface area contributed by atoms with Crippen LogP contribution in [0.5, 0.6) is 0 Å². The number of H-pyrrole nitrogens is 1. The van der Waals surface area contributed by atoms with Crippen LogP contribution in [0, 0.1) is 0 Å². The maximum absolute atomic E-state index is 12.4. The molecule has 0 fully saturated rings. The van der Waals surface area contributed by atoms with Crippen LogP contribution in [0.15, 0.2) is 57.9 Å². The number of carbonyl (C=O) groups is 1. The molecule has 3 heterocycles. The number of carbonyl (C=O) groups excluding carboxylic acids is 1. The van der Waals surface area contributed by atoms with Crippen LogP contribution in [0.4, 0.5) is 5.82 Å². The Morgan fingerprint density at radius 2 is 2.04 bits per heavy atom. The van der Waals surface area contributed by atoms with Gasteiger partial charge in [0.25, 0.3) is 11.5 Å². The van der Waals surface area contributed by atoms with Crippen LogP contribution in [0.1, 0.15) is 10.4 Å². The van der Waals surface area contributed by atoms with Crippen molar-refractivity contribution in [3.05, 3.63) is 69.7 Å². The second-order valence-electron chi connectivity index (χ2n) is 5.13. The first kappa shape index (κ1) is 15.2. The highest BCUT2D eigenvalue weighted by Gasteiger charge is 2.15. The van der Waals surface area contributed by atoms with Gasteiger partial charge in [0.1, 0.15) is 5.82 Å². The second kappa shape index (κ2) is 5.91. The molecular weight excluding hydrogens is 346 g/mol. The standard InChI is InChI=1S/C16H10ClN5O3/c17-10-5-3-9(4-6-10)15(24)18-12-8-13(23)19-16-20-14(21-22(12)16)11-2-1-7-25-11/h1-8H,(H,18,24)(H,19,20,21,23). The zero-order valence-corrected chi connectivity index (χ0v) is 13.3. The third-order valence-electron chi connectivity index (χ3n) is 3.43. The average molecular weight is 356 g/mol. The van der Waals surface area contributed by atoms with Gasteiger partial charge in [0.15, 0.2) is 5.76 Å². The summed E-state index contributed by atoms with van der Waals surface area (Å²) in [5.41, 5.74) is -0.0264. The lowest BCUT2D eigenvalue weighted by Crippen LogP contribution is -2.18. The molecule has 0 bridgehead atoms. The van der Waals surface area contributed by atoms with Gasteiger partial charge in [-0.05, 0) is 36.4 Å². The summed E-state index contributed by atoms with van der Waals surface area (Å²) in [5.74, 6) is 0.696. The van der Waals surface area contributed by atoms with Crippen molar-refractivity contribution in [2.45, 2.75) is 0 Å². The van der Waals surface area contributed by atoms with E-state index >= 15 is 0 Å². The van der Waals surface area contributed by atoms with E-state index in [0.717, 1.165) is 0 Å². The van der Waals surface area contributed by atoms with E-state index < -0.39 is 11.5 Å². The Labute approximate surface area is 145 Å². The van der Waals surface area contributed by atoms with Crippen molar-refractivity contribution in [3.63, 3.8) is 0 Å². The molecule has 0 aliphatic rings. The Morgan fingerprint density at radius 3 is 2.76 bits per heavy atom. The van der Waals surface area contributed by atoms with Crippen LogP contribution in [-0.2, 0) is 0 Å². The molecule has 0 aliphatic carbocycles. The van der Waals surface area contributed by atoms with Crippen molar-refractivity contribution in [3.8, 4) is 11.6 Å². The van der Waals surface area contributed by atoms with Crippen molar-refractivity contribution in [1.82, 2.24) is 19.6 Å². The van der Waals surface area contributed by atoms with E-state index in [0.29, 0.717) is 16.3 Å². The molecule has 1 aromatic carbocycles. The van der Waals surface area contributed by atoms with Gasteiger partial charge in [0.2, 0.25) is 11.6 Å². The minimum absolute atomic E-state index is 0.184. The molecule has 0 saturated heterocycles. The van der Waals surface area contributed by atoms with E-state index in [4.69, 9.17) is 16.0 Å². The number of amides is 1. The van der Waals surface area contributed by atoms with Gasteiger partial charge in [-0.2, -0.15) is 9.50 Å². The third kappa shape index (κ3) is 2.90. The van der Waals surface area contributed by atoms with Gasteiger partial charge in [-0.1, -0.05) is 11.6 Å². The third-order valence-corrected chi connectivity index (χ3v) is 3.68. The Bertz CT molecular complexity index is 1110. The predicted octanol–water partition coefficient (Wildman–Crippen LogP) is 2.58. The smallest absolute Gasteiger partial charge is 0.256 e. The number of benzene rings is 1. The van der Waals surface area contributed by atoms with Gasteiger partial charge in [-0.15, -0.1) is 5.10 Å². The number of fused-ring (bicyclic) bond motifs is 1.